The van der Waals surface area contributed by atoms with Crippen molar-refractivity contribution in [1.82, 2.24) is 5.06 Å². The number of nitrogens with zero attached hydrogens (tertiary/aromatic N) is 1. The maximum absolute atomic E-state index is 11.1. The maximum Gasteiger partial charge on any atom is 0.333 e. The zero-order chi connectivity index (χ0) is 18.0. The van der Waals surface area contributed by atoms with Gasteiger partial charge in [0.1, 0.15) is 6.04 Å². The van der Waals surface area contributed by atoms with Crippen LogP contribution < -0.4 is 0 Å². The van der Waals surface area contributed by atoms with Crippen LogP contribution in [0.1, 0.15) is 19.8 Å². The topological polar surface area (TPSA) is 171 Å². The highest BCUT2D eigenvalue weighted by molar-refractivity contribution is 5.80. The lowest BCUT2D eigenvalue weighted by molar-refractivity contribution is -0.206. The van der Waals surface area contributed by atoms with Crippen molar-refractivity contribution in [2.24, 2.45) is 0 Å². The van der Waals surface area contributed by atoms with E-state index < -0.39 is 48.9 Å². The van der Waals surface area contributed by atoms with Gasteiger partial charge in [0.25, 0.3) is 0 Å². The summed E-state index contributed by atoms with van der Waals surface area (Å²) in [5, 5.41) is 36.0. The Hall–Kier alpha value is -2.24. The van der Waals surface area contributed by atoms with Crippen LogP contribution in [0, 0.1) is 0 Å². The van der Waals surface area contributed by atoms with Crippen LogP contribution in [0.3, 0.4) is 0 Å². The van der Waals surface area contributed by atoms with Crippen molar-refractivity contribution in [1.29, 1.82) is 0 Å². The van der Waals surface area contributed by atoms with Gasteiger partial charge in [-0.15, -0.1) is 0 Å². The van der Waals surface area contributed by atoms with Crippen LogP contribution in [0.15, 0.2) is 0 Å². The van der Waals surface area contributed by atoms with Gasteiger partial charge in [-0.1, -0.05) is 0 Å². The van der Waals surface area contributed by atoms with E-state index in [1.807, 2.05) is 0 Å². The highest BCUT2D eigenvalue weighted by Crippen LogP contribution is 2.08. The van der Waals surface area contributed by atoms with Crippen molar-refractivity contribution in [2.75, 3.05) is 19.8 Å². The molecule has 4 N–H and O–H groups in total. The number of hydroxylamine groups is 2. The van der Waals surface area contributed by atoms with Crippen LogP contribution in [-0.4, -0.2) is 81.3 Å². The molecule has 0 spiro atoms. The van der Waals surface area contributed by atoms with Crippen molar-refractivity contribution in [3.8, 4) is 0 Å². The van der Waals surface area contributed by atoms with Crippen LogP contribution >= 0.6 is 0 Å². The molecule has 0 aliphatic carbocycles. The molecular formula is C12H19NO10. The van der Waals surface area contributed by atoms with E-state index in [-0.39, 0.29) is 19.8 Å². The smallest absolute Gasteiger partial charge is 0.333 e. The monoisotopic (exact) mass is 337 g/mol. The summed E-state index contributed by atoms with van der Waals surface area (Å²) in [7, 11) is 0. The van der Waals surface area contributed by atoms with Gasteiger partial charge in [-0.2, -0.15) is 5.06 Å². The second-order valence-electron chi connectivity index (χ2n) is 4.31. The normalized spacial score (nSPS) is 13.5. The van der Waals surface area contributed by atoms with Crippen molar-refractivity contribution in [2.45, 2.75) is 31.9 Å². The molecule has 0 fully saturated rings. The molecule has 2 unspecified atom stereocenters. The van der Waals surface area contributed by atoms with Crippen molar-refractivity contribution in [3.05, 3.63) is 0 Å². The van der Waals surface area contributed by atoms with Gasteiger partial charge in [-0.3, -0.25) is 19.2 Å². The molecule has 11 nitrogen and oxygen atoms in total. The molecule has 23 heavy (non-hydrogen) atoms. The first-order chi connectivity index (χ1) is 10.7. The molecule has 0 aliphatic rings. The molecular weight excluding hydrogens is 318 g/mol. The summed E-state index contributed by atoms with van der Waals surface area (Å²) >= 11 is 0. The van der Waals surface area contributed by atoms with E-state index in [4.69, 9.17) is 30.0 Å². The number of carboxylic acids is 4. The Bertz CT molecular complexity index is 438. The largest absolute Gasteiger partial charge is 0.481 e. The van der Waals surface area contributed by atoms with Crippen molar-refractivity contribution in [3.63, 3.8) is 0 Å². The number of aliphatic carboxylic acids is 4. The Kier molecular flexibility index (Phi) is 9.46. The predicted molar refractivity (Wildman–Crippen MR) is 71.6 cm³/mol. The Morgan fingerprint density at radius 3 is 1.91 bits per heavy atom. The summed E-state index contributed by atoms with van der Waals surface area (Å²) in [6, 6.07) is -1.49. The molecule has 0 amide bonds. The lowest BCUT2D eigenvalue weighted by Crippen LogP contribution is -2.44. The molecule has 0 radical (unpaired) electrons. The number of carbonyl (C=O) groups is 4. The lowest BCUT2D eigenvalue weighted by Gasteiger charge is -2.26. The van der Waals surface area contributed by atoms with E-state index in [1.165, 1.54) is 0 Å². The second kappa shape index (κ2) is 10.5. The van der Waals surface area contributed by atoms with Gasteiger partial charge in [-0.05, 0) is 6.92 Å². The van der Waals surface area contributed by atoms with E-state index in [0.29, 0.717) is 0 Å². The first kappa shape index (κ1) is 20.8. The first-order valence-corrected chi connectivity index (χ1v) is 6.59. The molecule has 0 aromatic heterocycles. The summed E-state index contributed by atoms with van der Waals surface area (Å²) in [5.74, 6) is -5.62. The van der Waals surface area contributed by atoms with Gasteiger partial charge < -0.3 is 25.2 Å². The Labute approximate surface area is 131 Å². The summed E-state index contributed by atoms with van der Waals surface area (Å²) in [6.07, 6.45) is -3.09. The Balaban J connectivity index is 4.73. The summed E-state index contributed by atoms with van der Waals surface area (Å²) < 4.78 is 4.88. The molecule has 0 aromatic carbocycles. The third-order valence-corrected chi connectivity index (χ3v) is 2.56. The third kappa shape index (κ3) is 8.70. The highest BCUT2D eigenvalue weighted by Gasteiger charge is 2.30. The predicted octanol–water partition coefficient (Wildman–Crippen LogP) is -0.888. The minimum atomic E-state index is -1.60. The van der Waals surface area contributed by atoms with Gasteiger partial charge in [0.2, 0.25) is 0 Å². The van der Waals surface area contributed by atoms with Gasteiger partial charge in [0, 0.05) is 6.54 Å². The molecule has 0 heterocycles. The fraction of sp³-hybridized carbons (Fsp3) is 0.667. The van der Waals surface area contributed by atoms with Gasteiger partial charge in [0.05, 0.1) is 26.1 Å². The average Bonchev–Trinajstić information content (AvgIpc) is 2.41. The SMILES string of the molecule is CCON(CCOC(CC(=O)O)C(=O)O)C(CC(=O)O)C(=O)O. The van der Waals surface area contributed by atoms with E-state index >= 15 is 0 Å². The molecule has 11 heteroatoms. The first-order valence-electron chi connectivity index (χ1n) is 6.59. The van der Waals surface area contributed by atoms with Crippen LogP contribution in [-0.2, 0) is 28.8 Å². The Morgan fingerprint density at radius 1 is 0.957 bits per heavy atom. The molecule has 0 saturated carbocycles. The molecule has 0 bridgehead atoms. The molecule has 0 aliphatic heterocycles. The lowest BCUT2D eigenvalue weighted by atomic mass is 10.2. The van der Waals surface area contributed by atoms with Crippen LogP contribution in [0.25, 0.3) is 0 Å². The van der Waals surface area contributed by atoms with E-state index in [2.05, 4.69) is 0 Å². The molecule has 2 atom stereocenters. The van der Waals surface area contributed by atoms with Gasteiger partial charge >= 0.3 is 23.9 Å². The van der Waals surface area contributed by atoms with Crippen molar-refractivity contribution >= 4 is 23.9 Å². The van der Waals surface area contributed by atoms with E-state index in [0.717, 1.165) is 5.06 Å². The second-order valence-corrected chi connectivity index (χ2v) is 4.31. The van der Waals surface area contributed by atoms with Gasteiger partial charge in [0.15, 0.2) is 6.10 Å². The van der Waals surface area contributed by atoms with Crippen molar-refractivity contribution < 1.29 is 49.2 Å². The Morgan fingerprint density at radius 2 is 1.52 bits per heavy atom. The molecule has 0 saturated heterocycles. The third-order valence-electron chi connectivity index (χ3n) is 2.56. The summed E-state index contributed by atoms with van der Waals surface area (Å²) in [5.41, 5.74) is 0. The minimum absolute atomic E-state index is 0.0564. The van der Waals surface area contributed by atoms with Crippen LogP contribution in [0.5, 0.6) is 0 Å². The highest BCUT2D eigenvalue weighted by atomic mass is 16.7. The standard InChI is InChI=1S/C12H19NO10/c1-2-23-13(7(11(18)19)5-9(14)15)3-4-22-8(12(20)21)6-10(16)17/h7-8H,2-6H2,1H3,(H,14,15)(H,16,17)(H,18,19)(H,20,21). The maximum atomic E-state index is 11.1. The number of ether oxygens (including phenoxy) is 1. The fourth-order valence-electron chi connectivity index (χ4n) is 1.61. The number of rotatable bonds is 13. The zero-order valence-corrected chi connectivity index (χ0v) is 12.4. The van der Waals surface area contributed by atoms with Crippen LogP contribution in [0.2, 0.25) is 0 Å². The number of hydrogen-bond acceptors (Lipinski definition) is 7. The minimum Gasteiger partial charge on any atom is -0.481 e. The molecule has 132 valence electrons. The van der Waals surface area contributed by atoms with Gasteiger partial charge in [-0.25, -0.2) is 4.79 Å². The summed E-state index contributed by atoms with van der Waals surface area (Å²) in [4.78, 5) is 48.2. The fourth-order valence-corrected chi connectivity index (χ4v) is 1.61. The van der Waals surface area contributed by atoms with Crippen LogP contribution in [0.4, 0.5) is 0 Å². The zero-order valence-electron chi connectivity index (χ0n) is 12.4. The molecule has 0 rings (SSSR count). The number of carboxylic acid groups (broad SMARTS) is 4. The summed E-state index contributed by atoms with van der Waals surface area (Å²) in [6.45, 7) is 1.01. The molecule has 0 aromatic rings. The van der Waals surface area contributed by atoms with E-state index in [1.54, 1.807) is 6.92 Å². The average molecular weight is 337 g/mol. The van der Waals surface area contributed by atoms with E-state index in [9.17, 15) is 19.2 Å². The quantitative estimate of drug-likeness (QED) is 0.307. The number of hydrogen-bond donors (Lipinski definition) is 4.